The summed E-state index contributed by atoms with van der Waals surface area (Å²) < 4.78 is 0. The van der Waals surface area contributed by atoms with Crippen LogP contribution in [-0.4, -0.2) is 29.8 Å². The number of unbranched alkanes of at least 4 members (excludes halogenated alkanes) is 2. The monoisotopic (exact) mass is 304 g/mol. The molecule has 0 atom stereocenters. The summed E-state index contributed by atoms with van der Waals surface area (Å²) in [7, 11) is 0. The summed E-state index contributed by atoms with van der Waals surface area (Å²) in [5, 5.41) is 2.73. The highest BCUT2D eigenvalue weighted by atomic mass is 16.2. The molecule has 0 fully saturated rings. The molecule has 0 aliphatic heterocycles. The van der Waals surface area contributed by atoms with E-state index in [0.29, 0.717) is 18.8 Å². The Morgan fingerprint density at radius 3 is 1.91 bits per heavy atom. The van der Waals surface area contributed by atoms with Gasteiger partial charge in [-0.15, -0.1) is 0 Å². The standard InChI is InChI=1S/C18H28N2O2/c1-5-7-9-20(10-8-6-2)18(22)17(21)19-16-12-14(3)11-15(4)13-16/h11-13H,5-10H2,1-4H3,(H,19,21). The SMILES string of the molecule is CCCCN(CCCC)C(=O)C(=O)Nc1cc(C)cc(C)c1. The van der Waals surface area contributed by atoms with E-state index in [1.54, 1.807) is 4.90 Å². The number of benzene rings is 1. The molecule has 0 saturated carbocycles. The van der Waals surface area contributed by atoms with Crippen molar-refractivity contribution >= 4 is 17.5 Å². The zero-order valence-electron chi connectivity index (χ0n) is 14.2. The fraction of sp³-hybridized carbons (Fsp3) is 0.556. The summed E-state index contributed by atoms with van der Waals surface area (Å²) in [6.07, 6.45) is 3.86. The molecule has 4 heteroatoms. The van der Waals surface area contributed by atoms with Crippen molar-refractivity contribution in [3.05, 3.63) is 29.3 Å². The number of nitrogens with one attached hydrogen (secondary N) is 1. The van der Waals surface area contributed by atoms with Gasteiger partial charge < -0.3 is 10.2 Å². The Morgan fingerprint density at radius 2 is 1.45 bits per heavy atom. The molecule has 0 heterocycles. The van der Waals surface area contributed by atoms with Gasteiger partial charge in [-0.2, -0.15) is 0 Å². The van der Waals surface area contributed by atoms with Crippen molar-refractivity contribution in [2.75, 3.05) is 18.4 Å². The molecule has 0 bridgehead atoms. The molecule has 0 aliphatic carbocycles. The Hall–Kier alpha value is -1.84. The number of aryl methyl sites for hydroxylation is 2. The maximum absolute atomic E-state index is 12.3. The molecule has 122 valence electrons. The minimum atomic E-state index is -0.544. The average Bonchev–Trinajstić information content (AvgIpc) is 2.45. The second-order valence-corrected chi connectivity index (χ2v) is 5.83. The van der Waals surface area contributed by atoms with Crippen LogP contribution in [0.1, 0.15) is 50.7 Å². The normalized spacial score (nSPS) is 10.4. The molecular weight excluding hydrogens is 276 g/mol. The third kappa shape index (κ3) is 5.88. The van der Waals surface area contributed by atoms with Gasteiger partial charge in [-0.25, -0.2) is 0 Å². The van der Waals surface area contributed by atoms with Crippen LogP contribution >= 0.6 is 0 Å². The molecule has 1 rings (SSSR count). The van der Waals surface area contributed by atoms with Crippen molar-refractivity contribution in [1.29, 1.82) is 0 Å². The lowest BCUT2D eigenvalue weighted by Crippen LogP contribution is -2.40. The lowest BCUT2D eigenvalue weighted by Gasteiger charge is -2.21. The molecule has 0 aromatic heterocycles. The first-order valence-electron chi connectivity index (χ1n) is 8.16. The van der Waals surface area contributed by atoms with Crippen LogP contribution < -0.4 is 5.32 Å². The Labute approximate surface area is 133 Å². The quantitative estimate of drug-likeness (QED) is 0.781. The van der Waals surface area contributed by atoms with E-state index in [1.807, 2.05) is 32.0 Å². The number of carbonyl (C=O) groups excluding carboxylic acids is 2. The highest BCUT2D eigenvalue weighted by Crippen LogP contribution is 2.14. The summed E-state index contributed by atoms with van der Waals surface area (Å²) in [4.78, 5) is 26.2. The van der Waals surface area contributed by atoms with Crippen molar-refractivity contribution < 1.29 is 9.59 Å². The summed E-state index contributed by atoms with van der Waals surface area (Å²) in [5.74, 6) is -0.974. The Morgan fingerprint density at radius 1 is 0.955 bits per heavy atom. The molecule has 0 saturated heterocycles. The number of rotatable bonds is 7. The van der Waals surface area contributed by atoms with Gasteiger partial charge in [-0.1, -0.05) is 32.8 Å². The van der Waals surface area contributed by atoms with Gasteiger partial charge in [0.15, 0.2) is 0 Å². The van der Waals surface area contributed by atoms with Gasteiger partial charge in [-0.3, -0.25) is 9.59 Å². The molecule has 0 aliphatic rings. The molecule has 2 amide bonds. The number of nitrogens with zero attached hydrogens (tertiary/aromatic N) is 1. The topological polar surface area (TPSA) is 49.4 Å². The van der Waals surface area contributed by atoms with Gasteiger partial charge in [0, 0.05) is 18.8 Å². The van der Waals surface area contributed by atoms with E-state index in [2.05, 4.69) is 19.2 Å². The summed E-state index contributed by atoms with van der Waals surface area (Å²) in [5.41, 5.74) is 2.81. The average molecular weight is 304 g/mol. The number of anilines is 1. The van der Waals surface area contributed by atoms with E-state index in [-0.39, 0.29) is 0 Å². The van der Waals surface area contributed by atoms with Crippen LogP contribution in [0.5, 0.6) is 0 Å². The highest BCUT2D eigenvalue weighted by Gasteiger charge is 2.21. The minimum absolute atomic E-state index is 0.430. The number of hydrogen-bond donors (Lipinski definition) is 1. The van der Waals surface area contributed by atoms with E-state index in [0.717, 1.165) is 36.8 Å². The van der Waals surface area contributed by atoms with Crippen molar-refractivity contribution in [3.63, 3.8) is 0 Å². The second-order valence-electron chi connectivity index (χ2n) is 5.83. The van der Waals surface area contributed by atoms with E-state index in [1.165, 1.54) is 0 Å². The zero-order valence-corrected chi connectivity index (χ0v) is 14.2. The van der Waals surface area contributed by atoms with Crippen LogP contribution in [0.4, 0.5) is 5.69 Å². The number of amides is 2. The Balaban J connectivity index is 2.72. The smallest absolute Gasteiger partial charge is 0.313 e. The first-order valence-corrected chi connectivity index (χ1v) is 8.16. The van der Waals surface area contributed by atoms with Crippen LogP contribution in [0.3, 0.4) is 0 Å². The van der Waals surface area contributed by atoms with Crippen LogP contribution in [0.25, 0.3) is 0 Å². The Bertz CT molecular complexity index is 484. The molecule has 22 heavy (non-hydrogen) atoms. The van der Waals surface area contributed by atoms with E-state index < -0.39 is 11.8 Å². The fourth-order valence-electron chi connectivity index (χ4n) is 2.39. The number of carbonyl (C=O) groups is 2. The molecule has 0 spiro atoms. The summed E-state index contributed by atoms with van der Waals surface area (Å²) >= 11 is 0. The second kappa shape index (κ2) is 9.23. The van der Waals surface area contributed by atoms with Gasteiger partial charge in [0.05, 0.1) is 0 Å². The van der Waals surface area contributed by atoms with Crippen molar-refractivity contribution in [2.24, 2.45) is 0 Å². The van der Waals surface area contributed by atoms with Gasteiger partial charge in [0.25, 0.3) is 0 Å². The predicted octanol–water partition coefficient (Wildman–Crippen LogP) is 3.67. The zero-order chi connectivity index (χ0) is 16.5. The van der Waals surface area contributed by atoms with Crippen molar-refractivity contribution in [1.82, 2.24) is 4.90 Å². The van der Waals surface area contributed by atoms with Crippen molar-refractivity contribution in [2.45, 2.75) is 53.4 Å². The summed E-state index contributed by atoms with van der Waals surface area (Å²) in [6, 6.07) is 5.79. The van der Waals surface area contributed by atoms with E-state index in [9.17, 15) is 9.59 Å². The molecule has 1 aromatic carbocycles. The summed E-state index contributed by atoms with van der Waals surface area (Å²) in [6.45, 7) is 9.40. The molecular formula is C18H28N2O2. The third-order valence-electron chi connectivity index (χ3n) is 3.52. The van der Waals surface area contributed by atoms with Gasteiger partial charge >= 0.3 is 11.8 Å². The van der Waals surface area contributed by atoms with E-state index in [4.69, 9.17) is 0 Å². The van der Waals surface area contributed by atoms with Crippen LogP contribution in [0.2, 0.25) is 0 Å². The molecule has 0 unspecified atom stereocenters. The molecule has 1 N–H and O–H groups in total. The fourth-order valence-corrected chi connectivity index (χ4v) is 2.39. The predicted molar refractivity (Wildman–Crippen MR) is 90.9 cm³/mol. The molecule has 1 aromatic rings. The maximum Gasteiger partial charge on any atom is 0.313 e. The Kier molecular flexibility index (Phi) is 7.64. The van der Waals surface area contributed by atoms with Crippen LogP contribution in [-0.2, 0) is 9.59 Å². The van der Waals surface area contributed by atoms with Gasteiger partial charge in [0.2, 0.25) is 0 Å². The van der Waals surface area contributed by atoms with Crippen molar-refractivity contribution in [3.8, 4) is 0 Å². The largest absolute Gasteiger partial charge is 0.334 e. The lowest BCUT2D eigenvalue weighted by molar-refractivity contribution is -0.143. The highest BCUT2D eigenvalue weighted by molar-refractivity contribution is 6.39. The first kappa shape index (κ1) is 18.2. The molecule has 4 nitrogen and oxygen atoms in total. The van der Waals surface area contributed by atoms with Gasteiger partial charge in [0.1, 0.15) is 0 Å². The van der Waals surface area contributed by atoms with Crippen LogP contribution in [0.15, 0.2) is 18.2 Å². The van der Waals surface area contributed by atoms with Gasteiger partial charge in [-0.05, 0) is 49.9 Å². The number of hydrogen-bond acceptors (Lipinski definition) is 2. The maximum atomic E-state index is 12.3. The molecule has 0 radical (unpaired) electrons. The lowest BCUT2D eigenvalue weighted by atomic mass is 10.1. The van der Waals surface area contributed by atoms with E-state index >= 15 is 0 Å². The third-order valence-corrected chi connectivity index (χ3v) is 3.52. The van der Waals surface area contributed by atoms with Crippen LogP contribution in [0, 0.1) is 13.8 Å². The minimum Gasteiger partial charge on any atom is -0.334 e. The first-order chi connectivity index (χ1) is 10.5.